The zero-order chi connectivity index (χ0) is 17.6. The molecule has 0 saturated carbocycles. The van der Waals surface area contributed by atoms with Crippen molar-refractivity contribution in [2.24, 2.45) is 0 Å². The Morgan fingerprint density at radius 2 is 1.62 bits per heavy atom. The van der Waals surface area contributed by atoms with Gasteiger partial charge in [-0.1, -0.05) is 30.3 Å². The van der Waals surface area contributed by atoms with Gasteiger partial charge in [-0.25, -0.2) is 4.39 Å². The predicted molar refractivity (Wildman–Crippen MR) is 108 cm³/mol. The topological polar surface area (TPSA) is 21.3 Å². The van der Waals surface area contributed by atoms with Gasteiger partial charge in [-0.05, 0) is 72.5 Å². The summed E-state index contributed by atoms with van der Waals surface area (Å²) in [7, 11) is 0. The van der Waals surface area contributed by atoms with Crippen LogP contribution in [-0.4, -0.2) is 0 Å². The van der Waals surface area contributed by atoms with E-state index in [0.717, 1.165) is 29.1 Å². The number of hydrogen-bond donors (Lipinski definition) is 1. The Morgan fingerprint density at radius 3 is 2.38 bits per heavy atom. The van der Waals surface area contributed by atoms with Gasteiger partial charge in [0.15, 0.2) is 0 Å². The molecular weight excluding hydrogens is 349 g/mol. The molecule has 0 amide bonds. The van der Waals surface area contributed by atoms with E-state index < -0.39 is 0 Å². The van der Waals surface area contributed by atoms with Crippen molar-refractivity contribution in [3.05, 3.63) is 94.8 Å². The normalized spacial score (nSPS) is 10.1. The number of halogens is 2. The lowest BCUT2D eigenvalue weighted by molar-refractivity contribution is 0.305. The molecule has 0 aromatic heterocycles. The molecule has 3 aromatic rings. The molecule has 0 aliphatic carbocycles. The molecule has 0 spiro atoms. The minimum atomic E-state index is -0.243. The summed E-state index contributed by atoms with van der Waals surface area (Å²) in [5.74, 6) is 0.538. The van der Waals surface area contributed by atoms with Gasteiger partial charge in [0.1, 0.15) is 18.2 Å². The maximum Gasteiger partial charge on any atom is 0.123 e. The van der Waals surface area contributed by atoms with Crippen molar-refractivity contribution < 1.29 is 9.13 Å². The van der Waals surface area contributed by atoms with Gasteiger partial charge in [0.05, 0.1) is 0 Å². The van der Waals surface area contributed by atoms with Crippen LogP contribution in [-0.2, 0) is 13.2 Å². The van der Waals surface area contributed by atoms with E-state index >= 15 is 0 Å². The molecule has 26 heavy (non-hydrogen) atoms. The predicted octanol–water partition coefficient (Wildman–Crippen LogP) is 6.06. The van der Waals surface area contributed by atoms with Crippen LogP contribution in [0.15, 0.2) is 66.7 Å². The van der Waals surface area contributed by atoms with Crippen molar-refractivity contribution in [3.8, 4) is 5.75 Å². The van der Waals surface area contributed by atoms with Gasteiger partial charge in [0.25, 0.3) is 0 Å². The molecule has 3 rings (SSSR count). The van der Waals surface area contributed by atoms with E-state index in [9.17, 15) is 4.39 Å². The SMILES string of the molecule is Cc1ccc(NCc2cccc(OCc3cccc(F)c3)c2)cc1C.Cl. The molecule has 0 saturated heterocycles. The average molecular weight is 372 g/mol. The molecular formula is C22H23ClFNO. The smallest absolute Gasteiger partial charge is 0.123 e. The molecule has 0 aliphatic heterocycles. The molecule has 2 nitrogen and oxygen atoms in total. The van der Waals surface area contributed by atoms with Gasteiger partial charge >= 0.3 is 0 Å². The number of nitrogens with one attached hydrogen (secondary N) is 1. The molecule has 0 unspecified atom stereocenters. The quantitative estimate of drug-likeness (QED) is 0.569. The molecule has 0 atom stereocenters. The Kier molecular flexibility index (Phi) is 7.05. The highest BCUT2D eigenvalue weighted by Crippen LogP contribution is 2.18. The summed E-state index contributed by atoms with van der Waals surface area (Å²) < 4.78 is 19.0. The molecule has 0 radical (unpaired) electrons. The van der Waals surface area contributed by atoms with Gasteiger partial charge in [-0.2, -0.15) is 0 Å². The molecule has 0 bridgehead atoms. The lowest BCUT2D eigenvalue weighted by Crippen LogP contribution is -2.01. The fourth-order valence-electron chi connectivity index (χ4n) is 2.59. The first-order valence-electron chi connectivity index (χ1n) is 8.37. The van der Waals surface area contributed by atoms with E-state index in [4.69, 9.17) is 4.74 Å². The highest BCUT2D eigenvalue weighted by molar-refractivity contribution is 5.85. The van der Waals surface area contributed by atoms with Gasteiger partial charge < -0.3 is 10.1 Å². The summed E-state index contributed by atoms with van der Waals surface area (Å²) in [4.78, 5) is 0. The van der Waals surface area contributed by atoms with Crippen LogP contribution in [0.2, 0.25) is 0 Å². The molecule has 0 fully saturated rings. The highest BCUT2D eigenvalue weighted by Gasteiger charge is 2.01. The minimum absolute atomic E-state index is 0. The van der Waals surface area contributed by atoms with Crippen LogP contribution in [0.5, 0.6) is 5.75 Å². The molecule has 4 heteroatoms. The Morgan fingerprint density at radius 1 is 0.846 bits per heavy atom. The van der Waals surface area contributed by atoms with Crippen LogP contribution in [0, 0.1) is 19.7 Å². The lowest BCUT2D eigenvalue weighted by atomic mass is 10.1. The van der Waals surface area contributed by atoms with Gasteiger partial charge in [-0.15, -0.1) is 12.4 Å². The molecule has 0 aliphatic rings. The fraction of sp³-hybridized carbons (Fsp3) is 0.182. The lowest BCUT2D eigenvalue weighted by Gasteiger charge is -2.11. The summed E-state index contributed by atoms with van der Waals surface area (Å²) in [5.41, 5.74) is 5.62. The van der Waals surface area contributed by atoms with Crippen LogP contribution in [0.3, 0.4) is 0 Å². The summed E-state index contributed by atoms with van der Waals surface area (Å²) in [6, 6.07) is 20.8. The van der Waals surface area contributed by atoms with E-state index in [0.29, 0.717) is 6.61 Å². The van der Waals surface area contributed by atoms with Crippen molar-refractivity contribution >= 4 is 18.1 Å². The van der Waals surface area contributed by atoms with Crippen molar-refractivity contribution in [2.45, 2.75) is 27.0 Å². The van der Waals surface area contributed by atoms with Crippen LogP contribution in [0.25, 0.3) is 0 Å². The largest absolute Gasteiger partial charge is 0.489 e. The van der Waals surface area contributed by atoms with Crippen molar-refractivity contribution in [1.29, 1.82) is 0 Å². The van der Waals surface area contributed by atoms with Crippen molar-refractivity contribution in [1.82, 2.24) is 0 Å². The summed E-state index contributed by atoms with van der Waals surface area (Å²) in [6.45, 7) is 5.30. The Balaban J connectivity index is 0.00000243. The van der Waals surface area contributed by atoms with Crippen molar-refractivity contribution in [3.63, 3.8) is 0 Å². The second-order valence-electron chi connectivity index (χ2n) is 6.22. The maximum absolute atomic E-state index is 13.2. The van der Waals surface area contributed by atoms with Gasteiger partial charge in [0, 0.05) is 12.2 Å². The first kappa shape index (κ1) is 19.8. The van der Waals surface area contributed by atoms with Gasteiger partial charge in [-0.3, -0.25) is 0 Å². The van der Waals surface area contributed by atoms with Crippen LogP contribution in [0.1, 0.15) is 22.3 Å². The average Bonchev–Trinajstić information content (AvgIpc) is 2.61. The van der Waals surface area contributed by atoms with Crippen molar-refractivity contribution in [2.75, 3.05) is 5.32 Å². The Bertz CT molecular complexity index is 866. The second kappa shape index (κ2) is 9.25. The van der Waals surface area contributed by atoms with E-state index in [2.05, 4.69) is 43.4 Å². The third-order valence-corrected chi connectivity index (χ3v) is 4.20. The minimum Gasteiger partial charge on any atom is -0.489 e. The van der Waals surface area contributed by atoms with E-state index in [1.54, 1.807) is 6.07 Å². The monoisotopic (exact) mass is 371 g/mol. The summed E-state index contributed by atoms with van der Waals surface area (Å²) in [6.07, 6.45) is 0. The van der Waals surface area contributed by atoms with E-state index in [-0.39, 0.29) is 18.2 Å². The number of rotatable bonds is 6. The fourth-order valence-corrected chi connectivity index (χ4v) is 2.59. The number of benzene rings is 3. The number of ether oxygens (including phenoxy) is 1. The third kappa shape index (κ3) is 5.50. The zero-order valence-electron chi connectivity index (χ0n) is 15.0. The Labute approximate surface area is 160 Å². The highest BCUT2D eigenvalue weighted by atomic mass is 35.5. The molecule has 136 valence electrons. The number of anilines is 1. The van der Waals surface area contributed by atoms with E-state index in [1.807, 2.05) is 24.3 Å². The molecule has 3 aromatic carbocycles. The Hall–Kier alpha value is -2.52. The van der Waals surface area contributed by atoms with E-state index in [1.165, 1.54) is 23.3 Å². The zero-order valence-corrected chi connectivity index (χ0v) is 15.8. The third-order valence-electron chi connectivity index (χ3n) is 4.20. The molecule has 0 heterocycles. The van der Waals surface area contributed by atoms with Crippen LogP contribution >= 0.6 is 12.4 Å². The maximum atomic E-state index is 13.2. The first-order valence-corrected chi connectivity index (χ1v) is 8.37. The number of aryl methyl sites for hydroxylation is 2. The number of hydrogen-bond acceptors (Lipinski definition) is 2. The first-order chi connectivity index (χ1) is 12.1. The molecule has 1 N–H and O–H groups in total. The second-order valence-corrected chi connectivity index (χ2v) is 6.22. The van der Waals surface area contributed by atoms with Crippen LogP contribution < -0.4 is 10.1 Å². The standard InChI is InChI=1S/C22H22FNO.ClH/c1-16-9-10-21(11-17(16)2)24-14-18-5-4-8-22(13-18)25-15-19-6-3-7-20(23)12-19;/h3-13,24H,14-15H2,1-2H3;1H. The van der Waals surface area contributed by atoms with Gasteiger partial charge in [0.2, 0.25) is 0 Å². The van der Waals surface area contributed by atoms with Crippen LogP contribution in [0.4, 0.5) is 10.1 Å². The summed E-state index contributed by atoms with van der Waals surface area (Å²) in [5, 5.41) is 3.43. The summed E-state index contributed by atoms with van der Waals surface area (Å²) >= 11 is 0.